The third kappa shape index (κ3) is 1.98. The first-order chi connectivity index (χ1) is 6.65. The zero-order valence-electron chi connectivity index (χ0n) is 7.15. The lowest BCUT2D eigenvalue weighted by atomic mass is 9.90. The predicted molar refractivity (Wildman–Crippen MR) is 47.5 cm³/mol. The van der Waals surface area contributed by atoms with Crippen LogP contribution in [0.15, 0.2) is 0 Å². The number of hydrogen-bond donors (Lipinski definition) is 2. The normalized spacial score (nSPS) is 26.3. The Labute approximate surface area is 83.0 Å². The summed E-state index contributed by atoms with van der Waals surface area (Å²) in [4.78, 5) is 0. The van der Waals surface area contributed by atoms with Gasteiger partial charge in [-0.05, 0) is 12.8 Å². The quantitative estimate of drug-likeness (QED) is 0.810. The van der Waals surface area contributed by atoms with Crippen LogP contribution in [0.25, 0.3) is 0 Å². The molecule has 1 saturated carbocycles. The standard InChI is InChI=1S/C7H9F2N3OS/c8-5(9)6-11-12-7(14-6)10-3-1-4(13)2-3/h3-5,13H,1-2H2,(H,10,12). The van der Waals surface area contributed by atoms with Gasteiger partial charge in [-0.1, -0.05) is 11.3 Å². The molecule has 4 nitrogen and oxygen atoms in total. The molecule has 0 amide bonds. The van der Waals surface area contributed by atoms with E-state index in [0.29, 0.717) is 18.0 Å². The molecule has 2 N–H and O–H groups in total. The largest absolute Gasteiger partial charge is 0.393 e. The van der Waals surface area contributed by atoms with Crippen LogP contribution in [0.1, 0.15) is 24.3 Å². The SMILES string of the molecule is OC1CC(Nc2nnc(C(F)F)s2)C1. The molecule has 0 unspecified atom stereocenters. The average molecular weight is 221 g/mol. The summed E-state index contributed by atoms with van der Waals surface area (Å²) in [5.74, 6) is 0. The van der Waals surface area contributed by atoms with E-state index < -0.39 is 6.43 Å². The highest BCUT2D eigenvalue weighted by Gasteiger charge is 2.28. The first kappa shape index (κ1) is 9.72. The summed E-state index contributed by atoms with van der Waals surface area (Å²) in [5, 5.41) is 19.0. The molecular weight excluding hydrogens is 212 g/mol. The molecule has 0 bridgehead atoms. The lowest BCUT2D eigenvalue weighted by molar-refractivity contribution is 0.0836. The van der Waals surface area contributed by atoms with Gasteiger partial charge in [-0.3, -0.25) is 0 Å². The summed E-state index contributed by atoms with van der Waals surface area (Å²) >= 11 is 0.855. The minimum Gasteiger partial charge on any atom is -0.393 e. The van der Waals surface area contributed by atoms with Crippen LogP contribution in [0.3, 0.4) is 0 Å². The van der Waals surface area contributed by atoms with Crippen molar-refractivity contribution in [2.75, 3.05) is 5.32 Å². The number of aromatic nitrogens is 2. The van der Waals surface area contributed by atoms with E-state index in [-0.39, 0.29) is 17.2 Å². The van der Waals surface area contributed by atoms with Crippen LogP contribution in [0, 0.1) is 0 Å². The molecule has 1 aromatic rings. The number of halogens is 2. The zero-order valence-corrected chi connectivity index (χ0v) is 7.97. The van der Waals surface area contributed by atoms with Crippen molar-refractivity contribution in [1.82, 2.24) is 10.2 Å². The van der Waals surface area contributed by atoms with Crippen molar-refractivity contribution in [2.24, 2.45) is 0 Å². The number of nitrogens with one attached hydrogen (secondary N) is 1. The maximum absolute atomic E-state index is 12.1. The summed E-state index contributed by atoms with van der Waals surface area (Å²) in [7, 11) is 0. The van der Waals surface area contributed by atoms with Gasteiger partial charge in [0.2, 0.25) is 5.13 Å². The van der Waals surface area contributed by atoms with Crippen LogP contribution in [0.2, 0.25) is 0 Å². The molecule has 0 aliphatic heterocycles. The first-order valence-corrected chi connectivity index (χ1v) is 5.03. The Morgan fingerprint density at radius 3 is 2.64 bits per heavy atom. The molecule has 0 spiro atoms. The van der Waals surface area contributed by atoms with E-state index >= 15 is 0 Å². The molecule has 1 aliphatic carbocycles. The van der Waals surface area contributed by atoms with Gasteiger partial charge in [0.15, 0.2) is 5.01 Å². The van der Waals surface area contributed by atoms with E-state index in [9.17, 15) is 8.78 Å². The molecule has 1 fully saturated rings. The van der Waals surface area contributed by atoms with Crippen LogP contribution in [-0.2, 0) is 0 Å². The maximum atomic E-state index is 12.1. The Morgan fingerprint density at radius 2 is 2.14 bits per heavy atom. The predicted octanol–water partition coefficient (Wildman–Crippen LogP) is 1.41. The molecule has 1 aliphatic rings. The van der Waals surface area contributed by atoms with Crippen molar-refractivity contribution in [3.05, 3.63) is 5.01 Å². The van der Waals surface area contributed by atoms with Gasteiger partial charge in [0.1, 0.15) is 0 Å². The number of alkyl halides is 2. The van der Waals surface area contributed by atoms with Crippen LogP contribution >= 0.6 is 11.3 Å². The molecule has 78 valence electrons. The summed E-state index contributed by atoms with van der Waals surface area (Å²) in [5.41, 5.74) is 0. The van der Waals surface area contributed by atoms with E-state index in [1.807, 2.05) is 0 Å². The molecule has 2 rings (SSSR count). The summed E-state index contributed by atoms with van der Waals surface area (Å²) in [6, 6.07) is 0.142. The van der Waals surface area contributed by atoms with Crippen LogP contribution < -0.4 is 5.32 Å². The molecule has 1 aromatic heterocycles. The van der Waals surface area contributed by atoms with E-state index in [0.717, 1.165) is 11.3 Å². The second-order valence-electron chi connectivity index (χ2n) is 3.21. The van der Waals surface area contributed by atoms with Gasteiger partial charge in [-0.25, -0.2) is 8.78 Å². The summed E-state index contributed by atoms with van der Waals surface area (Å²) in [6.45, 7) is 0. The monoisotopic (exact) mass is 221 g/mol. The van der Waals surface area contributed by atoms with Crippen molar-refractivity contribution in [3.63, 3.8) is 0 Å². The number of nitrogens with zero attached hydrogens (tertiary/aromatic N) is 2. The van der Waals surface area contributed by atoms with E-state index in [4.69, 9.17) is 5.11 Å². The Balaban J connectivity index is 1.90. The second kappa shape index (κ2) is 3.74. The third-order valence-electron chi connectivity index (χ3n) is 2.07. The van der Waals surface area contributed by atoms with E-state index in [2.05, 4.69) is 15.5 Å². The van der Waals surface area contributed by atoms with E-state index in [1.165, 1.54) is 0 Å². The average Bonchev–Trinajstić information content (AvgIpc) is 2.50. The highest BCUT2D eigenvalue weighted by Crippen LogP contribution is 2.29. The summed E-state index contributed by atoms with van der Waals surface area (Å²) in [6.07, 6.45) is -1.54. The molecule has 0 saturated heterocycles. The second-order valence-corrected chi connectivity index (χ2v) is 4.22. The number of hydrogen-bond acceptors (Lipinski definition) is 5. The van der Waals surface area contributed by atoms with Crippen molar-refractivity contribution < 1.29 is 13.9 Å². The lowest BCUT2D eigenvalue weighted by Crippen LogP contribution is -2.38. The molecule has 14 heavy (non-hydrogen) atoms. The van der Waals surface area contributed by atoms with Crippen molar-refractivity contribution >= 4 is 16.5 Å². The van der Waals surface area contributed by atoms with Gasteiger partial charge < -0.3 is 10.4 Å². The fourth-order valence-electron chi connectivity index (χ4n) is 1.26. The van der Waals surface area contributed by atoms with Gasteiger partial charge in [-0.2, -0.15) is 0 Å². The minimum atomic E-state index is -2.56. The Kier molecular flexibility index (Phi) is 2.60. The fourth-order valence-corrected chi connectivity index (χ4v) is 1.94. The van der Waals surface area contributed by atoms with Crippen molar-refractivity contribution in [3.8, 4) is 0 Å². The van der Waals surface area contributed by atoms with Crippen LogP contribution in [0.4, 0.5) is 13.9 Å². The smallest absolute Gasteiger partial charge is 0.291 e. The highest BCUT2D eigenvalue weighted by molar-refractivity contribution is 7.15. The number of aliphatic hydroxyl groups is 1. The van der Waals surface area contributed by atoms with Crippen molar-refractivity contribution in [2.45, 2.75) is 31.4 Å². The van der Waals surface area contributed by atoms with Crippen LogP contribution in [-0.4, -0.2) is 27.4 Å². The minimum absolute atomic E-state index is 0.142. The fraction of sp³-hybridized carbons (Fsp3) is 0.714. The van der Waals surface area contributed by atoms with Crippen molar-refractivity contribution in [1.29, 1.82) is 0 Å². The van der Waals surface area contributed by atoms with Gasteiger partial charge in [0, 0.05) is 6.04 Å². The molecule has 1 heterocycles. The lowest BCUT2D eigenvalue weighted by Gasteiger charge is -2.31. The van der Waals surface area contributed by atoms with Gasteiger partial charge in [0.05, 0.1) is 6.10 Å². The zero-order chi connectivity index (χ0) is 10.1. The highest BCUT2D eigenvalue weighted by atomic mass is 32.1. The number of aliphatic hydroxyl groups excluding tert-OH is 1. The third-order valence-corrected chi connectivity index (χ3v) is 2.93. The molecule has 0 atom stereocenters. The first-order valence-electron chi connectivity index (χ1n) is 4.21. The molecule has 7 heteroatoms. The van der Waals surface area contributed by atoms with Crippen LogP contribution in [0.5, 0.6) is 0 Å². The molecular formula is C7H9F2N3OS. The molecule has 0 aromatic carbocycles. The Hall–Kier alpha value is -0.820. The summed E-state index contributed by atoms with van der Waals surface area (Å²) < 4.78 is 24.2. The number of anilines is 1. The topological polar surface area (TPSA) is 58.0 Å². The van der Waals surface area contributed by atoms with Gasteiger partial charge >= 0.3 is 0 Å². The number of rotatable bonds is 3. The maximum Gasteiger partial charge on any atom is 0.291 e. The van der Waals surface area contributed by atoms with E-state index in [1.54, 1.807) is 0 Å². The van der Waals surface area contributed by atoms with Gasteiger partial charge in [0.25, 0.3) is 6.43 Å². The van der Waals surface area contributed by atoms with Gasteiger partial charge in [-0.15, -0.1) is 10.2 Å². The molecule has 0 radical (unpaired) electrons. The Bertz CT molecular complexity index is 314. The Morgan fingerprint density at radius 1 is 1.43 bits per heavy atom.